The van der Waals surface area contributed by atoms with E-state index in [0.29, 0.717) is 5.69 Å². The van der Waals surface area contributed by atoms with Crippen molar-refractivity contribution in [3.63, 3.8) is 0 Å². The van der Waals surface area contributed by atoms with Crippen molar-refractivity contribution < 1.29 is 12.8 Å². The molecular weight excluding hydrogens is 313 g/mol. The molecule has 0 saturated carbocycles. The van der Waals surface area contributed by atoms with E-state index in [2.05, 4.69) is 0 Å². The Bertz CT molecular complexity index is 725. The molecule has 0 unspecified atom stereocenters. The zero-order valence-corrected chi connectivity index (χ0v) is 13.2. The van der Waals surface area contributed by atoms with Gasteiger partial charge in [0.05, 0.1) is 18.5 Å². The standard InChI is InChI=1S/C15H15ClFNO2S/c1-11-6-8-12(9-7-11)18(21(2,19)20)10-13-14(16)4-3-5-15(13)17/h3-9H,10H2,1-2H3. The largest absolute Gasteiger partial charge is 0.266 e. The molecule has 2 rings (SSSR count). The monoisotopic (exact) mass is 327 g/mol. The Balaban J connectivity index is 2.46. The number of aryl methyl sites for hydroxylation is 1. The first-order valence-corrected chi connectivity index (χ1v) is 8.49. The highest BCUT2D eigenvalue weighted by Gasteiger charge is 2.20. The van der Waals surface area contributed by atoms with Gasteiger partial charge in [0, 0.05) is 10.6 Å². The third kappa shape index (κ3) is 3.74. The summed E-state index contributed by atoms with van der Waals surface area (Å²) < 4.78 is 39.0. The van der Waals surface area contributed by atoms with Crippen molar-refractivity contribution in [1.29, 1.82) is 0 Å². The fourth-order valence-corrected chi connectivity index (χ4v) is 3.03. The topological polar surface area (TPSA) is 37.4 Å². The average Bonchev–Trinajstić information content (AvgIpc) is 2.38. The molecule has 0 saturated heterocycles. The smallest absolute Gasteiger partial charge is 0.232 e. The van der Waals surface area contributed by atoms with Crippen molar-refractivity contribution in [2.45, 2.75) is 13.5 Å². The molecule has 0 spiro atoms. The minimum absolute atomic E-state index is 0.145. The second-order valence-electron chi connectivity index (χ2n) is 4.81. The van der Waals surface area contributed by atoms with Gasteiger partial charge in [-0.25, -0.2) is 12.8 Å². The zero-order chi connectivity index (χ0) is 15.6. The van der Waals surface area contributed by atoms with Gasteiger partial charge in [0.25, 0.3) is 0 Å². The van der Waals surface area contributed by atoms with Crippen molar-refractivity contribution in [1.82, 2.24) is 0 Å². The number of halogens is 2. The van der Waals surface area contributed by atoms with Crippen molar-refractivity contribution >= 4 is 27.3 Å². The maximum Gasteiger partial charge on any atom is 0.232 e. The Morgan fingerprint density at radius 3 is 2.29 bits per heavy atom. The molecule has 0 aliphatic heterocycles. The first-order valence-electron chi connectivity index (χ1n) is 6.26. The maximum absolute atomic E-state index is 13.9. The Morgan fingerprint density at radius 2 is 1.76 bits per heavy atom. The summed E-state index contributed by atoms with van der Waals surface area (Å²) in [5.74, 6) is -0.525. The van der Waals surface area contributed by atoms with Crippen LogP contribution in [0, 0.1) is 12.7 Å². The fraction of sp³-hybridized carbons (Fsp3) is 0.200. The van der Waals surface area contributed by atoms with E-state index in [1.54, 1.807) is 24.3 Å². The van der Waals surface area contributed by atoms with E-state index >= 15 is 0 Å². The first kappa shape index (κ1) is 15.8. The van der Waals surface area contributed by atoms with Gasteiger partial charge in [-0.1, -0.05) is 35.4 Å². The fourth-order valence-electron chi connectivity index (χ4n) is 1.94. The van der Waals surface area contributed by atoms with E-state index in [1.807, 2.05) is 6.92 Å². The van der Waals surface area contributed by atoms with Crippen molar-refractivity contribution in [2.24, 2.45) is 0 Å². The molecular formula is C15H15ClFNO2S. The van der Waals surface area contributed by atoms with E-state index in [4.69, 9.17) is 11.6 Å². The molecule has 6 heteroatoms. The van der Waals surface area contributed by atoms with Crippen LogP contribution in [0.25, 0.3) is 0 Å². The van der Waals surface area contributed by atoms with Gasteiger partial charge in [-0.15, -0.1) is 0 Å². The highest BCUT2D eigenvalue weighted by Crippen LogP contribution is 2.26. The molecule has 3 nitrogen and oxygen atoms in total. The summed E-state index contributed by atoms with van der Waals surface area (Å²) in [6, 6.07) is 11.3. The minimum atomic E-state index is -3.55. The first-order chi connectivity index (χ1) is 9.79. The molecule has 21 heavy (non-hydrogen) atoms. The molecule has 0 bridgehead atoms. The van der Waals surface area contributed by atoms with Crippen LogP contribution in [0.15, 0.2) is 42.5 Å². The summed E-state index contributed by atoms with van der Waals surface area (Å²) in [7, 11) is -3.55. The number of hydrogen-bond donors (Lipinski definition) is 0. The van der Waals surface area contributed by atoms with Gasteiger partial charge in [0.1, 0.15) is 5.82 Å². The lowest BCUT2D eigenvalue weighted by Crippen LogP contribution is -2.29. The summed E-state index contributed by atoms with van der Waals surface area (Å²) in [5.41, 5.74) is 1.64. The van der Waals surface area contributed by atoms with Crippen LogP contribution < -0.4 is 4.31 Å². The number of hydrogen-bond acceptors (Lipinski definition) is 2. The molecule has 0 radical (unpaired) electrons. The maximum atomic E-state index is 13.9. The summed E-state index contributed by atoms with van der Waals surface area (Å²) >= 11 is 5.97. The molecule has 0 heterocycles. The van der Waals surface area contributed by atoms with Gasteiger partial charge in [-0.2, -0.15) is 0 Å². The summed E-state index contributed by atoms with van der Waals surface area (Å²) in [6.45, 7) is 1.76. The van der Waals surface area contributed by atoms with Crippen LogP contribution in [0.5, 0.6) is 0 Å². The number of sulfonamides is 1. The predicted octanol–water partition coefficient (Wildman–Crippen LogP) is 3.75. The molecule has 0 N–H and O–H groups in total. The molecule has 112 valence electrons. The van der Waals surface area contributed by atoms with Crippen molar-refractivity contribution in [2.75, 3.05) is 10.6 Å². The van der Waals surface area contributed by atoms with Gasteiger partial charge >= 0.3 is 0 Å². The third-order valence-electron chi connectivity index (χ3n) is 3.09. The lowest BCUT2D eigenvalue weighted by Gasteiger charge is -2.23. The normalized spacial score (nSPS) is 11.4. The molecule has 2 aromatic carbocycles. The molecule has 0 fully saturated rings. The van der Waals surface area contributed by atoms with Crippen LogP contribution in [0.4, 0.5) is 10.1 Å². The average molecular weight is 328 g/mol. The number of rotatable bonds is 4. The Hall–Kier alpha value is -1.59. The van der Waals surface area contributed by atoms with Gasteiger partial charge in [0.2, 0.25) is 10.0 Å². The molecule has 0 amide bonds. The summed E-state index contributed by atoms with van der Waals surface area (Å²) in [6.07, 6.45) is 1.08. The highest BCUT2D eigenvalue weighted by atomic mass is 35.5. The van der Waals surface area contributed by atoms with Gasteiger partial charge < -0.3 is 0 Å². The molecule has 0 aromatic heterocycles. The van der Waals surface area contributed by atoms with Crippen molar-refractivity contribution in [3.8, 4) is 0 Å². The van der Waals surface area contributed by atoms with Gasteiger partial charge in [0.15, 0.2) is 0 Å². The van der Waals surface area contributed by atoms with E-state index in [0.717, 1.165) is 16.1 Å². The molecule has 0 aliphatic carbocycles. The summed E-state index contributed by atoms with van der Waals surface area (Å²) in [4.78, 5) is 0. The quantitative estimate of drug-likeness (QED) is 0.857. The van der Waals surface area contributed by atoms with E-state index in [-0.39, 0.29) is 17.1 Å². The second kappa shape index (κ2) is 6.03. The lowest BCUT2D eigenvalue weighted by molar-refractivity contribution is 0.590. The zero-order valence-electron chi connectivity index (χ0n) is 11.7. The van der Waals surface area contributed by atoms with Crippen LogP contribution in [-0.4, -0.2) is 14.7 Å². The van der Waals surface area contributed by atoms with Crippen LogP contribution in [0.2, 0.25) is 5.02 Å². The molecule has 2 aromatic rings. The number of anilines is 1. The predicted molar refractivity (Wildman–Crippen MR) is 83.6 cm³/mol. The number of nitrogens with zero attached hydrogens (tertiary/aromatic N) is 1. The Kier molecular flexibility index (Phi) is 4.54. The number of benzene rings is 2. The Labute approximate surface area is 129 Å². The third-order valence-corrected chi connectivity index (χ3v) is 4.58. The van der Waals surface area contributed by atoms with E-state index in [1.165, 1.54) is 18.2 Å². The van der Waals surface area contributed by atoms with E-state index < -0.39 is 15.8 Å². The Morgan fingerprint density at radius 1 is 1.14 bits per heavy atom. The van der Waals surface area contributed by atoms with Gasteiger partial charge in [-0.05, 0) is 31.2 Å². The summed E-state index contributed by atoms with van der Waals surface area (Å²) in [5, 5.41) is 0.204. The minimum Gasteiger partial charge on any atom is -0.266 e. The van der Waals surface area contributed by atoms with Crippen molar-refractivity contribution in [3.05, 3.63) is 64.4 Å². The van der Waals surface area contributed by atoms with Crippen LogP contribution in [-0.2, 0) is 16.6 Å². The molecule has 0 aliphatic rings. The lowest BCUT2D eigenvalue weighted by atomic mass is 10.2. The highest BCUT2D eigenvalue weighted by molar-refractivity contribution is 7.92. The SMILES string of the molecule is Cc1ccc(N(Cc2c(F)cccc2Cl)S(C)(=O)=O)cc1. The second-order valence-corrected chi connectivity index (χ2v) is 7.12. The van der Waals surface area contributed by atoms with Crippen LogP contribution >= 0.6 is 11.6 Å². The van der Waals surface area contributed by atoms with Crippen LogP contribution in [0.1, 0.15) is 11.1 Å². The van der Waals surface area contributed by atoms with Gasteiger partial charge in [-0.3, -0.25) is 4.31 Å². The van der Waals surface area contributed by atoms with Crippen LogP contribution in [0.3, 0.4) is 0 Å². The van der Waals surface area contributed by atoms with E-state index in [9.17, 15) is 12.8 Å². The molecule has 0 atom stereocenters.